The summed E-state index contributed by atoms with van der Waals surface area (Å²) in [6.45, 7) is 9.55. The molecule has 0 saturated heterocycles. The summed E-state index contributed by atoms with van der Waals surface area (Å²) in [6, 6.07) is 2.16. The number of aromatic nitrogens is 1. The quantitative estimate of drug-likeness (QED) is 0.713. The standard InChI is InChI=1S/C22H28N4/c1-4-23-10-5-11-25-21-19-20-17(8-12-24-20)14-18-7-6-15(2)16(3)22(18,19)9-13-26-21/h6-9,12-14,16,23-24H,4-5,10-11H2,1-3H3,(H,25,26). The first kappa shape index (κ1) is 17.1. The van der Waals surface area contributed by atoms with Gasteiger partial charge in [0.05, 0.1) is 10.8 Å². The first-order valence-electron chi connectivity index (χ1n) is 9.67. The van der Waals surface area contributed by atoms with Crippen molar-refractivity contribution < 1.29 is 0 Å². The van der Waals surface area contributed by atoms with E-state index in [1.165, 1.54) is 27.3 Å². The van der Waals surface area contributed by atoms with Crippen LogP contribution in [0.1, 0.15) is 27.2 Å². The van der Waals surface area contributed by atoms with E-state index < -0.39 is 0 Å². The highest BCUT2D eigenvalue weighted by atomic mass is 15.0. The van der Waals surface area contributed by atoms with Crippen molar-refractivity contribution in [2.45, 2.75) is 27.2 Å². The molecule has 1 aliphatic heterocycles. The fourth-order valence-electron chi connectivity index (χ4n) is 4.39. The van der Waals surface area contributed by atoms with Gasteiger partial charge in [0, 0.05) is 23.5 Å². The van der Waals surface area contributed by atoms with E-state index >= 15 is 0 Å². The fourth-order valence-corrected chi connectivity index (χ4v) is 4.39. The topological polar surface area (TPSA) is 52.2 Å². The van der Waals surface area contributed by atoms with E-state index in [9.17, 15) is 0 Å². The fraction of sp³-hybridized carbons (Fsp3) is 0.409. The lowest BCUT2D eigenvalue weighted by atomic mass is 9.59. The lowest BCUT2D eigenvalue weighted by molar-refractivity contribution is 0.446. The highest BCUT2D eigenvalue weighted by Gasteiger charge is 2.47. The summed E-state index contributed by atoms with van der Waals surface area (Å²) in [5.74, 6) is 1.41. The molecule has 3 aliphatic rings. The van der Waals surface area contributed by atoms with Crippen LogP contribution in [0.15, 0.2) is 52.8 Å². The number of fused-ring (bicyclic) bond motifs is 1. The Balaban J connectivity index is 1.84. The van der Waals surface area contributed by atoms with Gasteiger partial charge in [-0.05, 0) is 56.3 Å². The Bertz CT molecular complexity index is 941. The number of aromatic amines is 1. The summed E-state index contributed by atoms with van der Waals surface area (Å²) in [4.78, 5) is 8.44. The molecule has 1 aromatic heterocycles. The van der Waals surface area contributed by atoms with Crippen molar-refractivity contribution in [1.29, 1.82) is 0 Å². The van der Waals surface area contributed by atoms with Gasteiger partial charge < -0.3 is 15.6 Å². The SMILES string of the molecule is CCNCCCN=C1NC=CC23C(=CC=C(C)C2C)C=c2cc[nH]c2=C13. The molecule has 2 unspecified atom stereocenters. The van der Waals surface area contributed by atoms with Crippen LogP contribution in [0, 0.1) is 11.3 Å². The normalized spacial score (nSPS) is 27.7. The van der Waals surface area contributed by atoms with E-state index in [-0.39, 0.29) is 5.41 Å². The maximum absolute atomic E-state index is 4.96. The lowest BCUT2D eigenvalue weighted by Gasteiger charge is -2.45. The molecule has 2 heterocycles. The zero-order valence-electron chi connectivity index (χ0n) is 15.9. The van der Waals surface area contributed by atoms with Crippen molar-refractivity contribution in [3.8, 4) is 0 Å². The molecule has 3 N–H and O–H groups in total. The van der Waals surface area contributed by atoms with E-state index in [0.717, 1.165) is 31.9 Å². The van der Waals surface area contributed by atoms with Gasteiger partial charge in [0.25, 0.3) is 0 Å². The van der Waals surface area contributed by atoms with Crippen molar-refractivity contribution in [2.75, 3.05) is 19.6 Å². The Labute approximate surface area is 155 Å². The number of H-pyrrole nitrogens is 1. The molecular weight excluding hydrogens is 320 g/mol. The molecule has 1 aromatic rings. The van der Waals surface area contributed by atoms with E-state index in [0.29, 0.717) is 5.92 Å². The molecule has 4 heteroatoms. The van der Waals surface area contributed by atoms with Crippen molar-refractivity contribution in [3.63, 3.8) is 0 Å². The smallest absolute Gasteiger partial charge is 0.131 e. The second kappa shape index (κ2) is 6.76. The van der Waals surface area contributed by atoms with Crippen LogP contribution in [0.3, 0.4) is 0 Å². The van der Waals surface area contributed by atoms with Crippen LogP contribution < -0.4 is 21.2 Å². The molecule has 4 nitrogen and oxygen atoms in total. The summed E-state index contributed by atoms with van der Waals surface area (Å²) >= 11 is 0. The molecule has 136 valence electrons. The van der Waals surface area contributed by atoms with E-state index in [1.54, 1.807) is 0 Å². The minimum atomic E-state index is -0.136. The Morgan fingerprint density at radius 3 is 3.04 bits per heavy atom. The number of nitrogens with zero attached hydrogens (tertiary/aromatic N) is 1. The van der Waals surface area contributed by atoms with Gasteiger partial charge >= 0.3 is 0 Å². The van der Waals surface area contributed by atoms with Crippen LogP contribution in [0.5, 0.6) is 0 Å². The first-order chi connectivity index (χ1) is 12.7. The highest BCUT2D eigenvalue weighted by Crippen LogP contribution is 2.52. The molecular formula is C22H28N4. The number of allylic oxidation sites excluding steroid dienone is 5. The molecule has 0 bridgehead atoms. The summed E-state index contributed by atoms with van der Waals surface area (Å²) in [6.07, 6.45) is 14.4. The Morgan fingerprint density at radius 2 is 2.19 bits per heavy atom. The molecule has 26 heavy (non-hydrogen) atoms. The van der Waals surface area contributed by atoms with Crippen LogP contribution in [0.4, 0.5) is 0 Å². The minimum absolute atomic E-state index is 0.136. The summed E-state index contributed by atoms with van der Waals surface area (Å²) in [7, 11) is 0. The number of amidine groups is 1. The Kier molecular flexibility index (Phi) is 4.45. The van der Waals surface area contributed by atoms with Crippen molar-refractivity contribution in [1.82, 2.24) is 15.6 Å². The van der Waals surface area contributed by atoms with Crippen molar-refractivity contribution >= 4 is 17.5 Å². The summed E-state index contributed by atoms with van der Waals surface area (Å²) in [5, 5.41) is 9.26. The molecule has 4 rings (SSSR count). The zero-order valence-corrected chi connectivity index (χ0v) is 15.9. The lowest BCUT2D eigenvalue weighted by Crippen LogP contribution is -2.50. The maximum atomic E-state index is 4.96. The largest absolute Gasteiger partial charge is 0.361 e. The van der Waals surface area contributed by atoms with Gasteiger partial charge in [0.15, 0.2) is 0 Å². The Morgan fingerprint density at radius 1 is 1.31 bits per heavy atom. The zero-order chi connectivity index (χ0) is 18.1. The monoisotopic (exact) mass is 348 g/mol. The molecule has 0 fully saturated rings. The van der Waals surface area contributed by atoms with E-state index in [1.807, 2.05) is 6.20 Å². The van der Waals surface area contributed by atoms with Gasteiger partial charge in [-0.15, -0.1) is 0 Å². The van der Waals surface area contributed by atoms with Gasteiger partial charge in [-0.2, -0.15) is 0 Å². The molecule has 0 aromatic carbocycles. The number of hydrogen-bond donors (Lipinski definition) is 3. The second-order valence-corrected chi connectivity index (χ2v) is 7.37. The molecule has 0 saturated carbocycles. The Hall–Kier alpha value is -2.33. The molecule has 2 aliphatic carbocycles. The van der Waals surface area contributed by atoms with E-state index in [2.05, 4.69) is 73.0 Å². The number of rotatable bonds is 5. The van der Waals surface area contributed by atoms with Crippen molar-refractivity contribution in [2.24, 2.45) is 16.3 Å². The van der Waals surface area contributed by atoms with Crippen LogP contribution in [-0.4, -0.2) is 30.5 Å². The van der Waals surface area contributed by atoms with Crippen molar-refractivity contribution in [3.05, 3.63) is 58.4 Å². The van der Waals surface area contributed by atoms with Gasteiger partial charge in [-0.1, -0.05) is 37.6 Å². The number of aliphatic imine (C=N–C) groups is 1. The third-order valence-electron chi connectivity index (χ3n) is 5.96. The van der Waals surface area contributed by atoms with Crippen LogP contribution in [0.2, 0.25) is 0 Å². The summed E-state index contributed by atoms with van der Waals surface area (Å²) in [5.41, 5.74) is 3.92. The molecule has 2 atom stereocenters. The van der Waals surface area contributed by atoms with Crippen LogP contribution in [0.25, 0.3) is 11.6 Å². The predicted octanol–water partition coefficient (Wildman–Crippen LogP) is 1.98. The third-order valence-corrected chi connectivity index (χ3v) is 5.96. The maximum Gasteiger partial charge on any atom is 0.131 e. The molecule has 0 radical (unpaired) electrons. The second-order valence-electron chi connectivity index (χ2n) is 7.37. The van der Waals surface area contributed by atoms with Gasteiger partial charge in [0.2, 0.25) is 0 Å². The minimum Gasteiger partial charge on any atom is -0.361 e. The summed E-state index contributed by atoms with van der Waals surface area (Å²) < 4.78 is 0. The van der Waals surface area contributed by atoms with Crippen LogP contribution in [-0.2, 0) is 0 Å². The average Bonchev–Trinajstić information content (AvgIpc) is 3.12. The number of hydrogen-bond acceptors (Lipinski definition) is 2. The van der Waals surface area contributed by atoms with E-state index in [4.69, 9.17) is 4.99 Å². The average molecular weight is 348 g/mol. The molecule has 0 amide bonds. The third kappa shape index (κ3) is 2.52. The predicted molar refractivity (Wildman–Crippen MR) is 109 cm³/mol. The van der Waals surface area contributed by atoms with Gasteiger partial charge in [0.1, 0.15) is 5.84 Å². The van der Waals surface area contributed by atoms with Crippen LogP contribution >= 0.6 is 0 Å². The number of nitrogens with one attached hydrogen (secondary N) is 3. The molecule has 1 spiro atoms. The van der Waals surface area contributed by atoms with Gasteiger partial charge in [-0.3, -0.25) is 4.99 Å². The van der Waals surface area contributed by atoms with Gasteiger partial charge in [-0.25, -0.2) is 0 Å². The highest BCUT2D eigenvalue weighted by molar-refractivity contribution is 6.22. The first-order valence-corrected chi connectivity index (χ1v) is 9.67.